The van der Waals surface area contributed by atoms with Crippen molar-refractivity contribution in [2.45, 2.75) is 65.5 Å². The topological polar surface area (TPSA) is 205 Å². The summed E-state index contributed by atoms with van der Waals surface area (Å²) in [6, 6.07) is -1.20. The monoisotopic (exact) mass is 533 g/mol. The lowest BCUT2D eigenvalue weighted by molar-refractivity contribution is -0.151. The third-order valence-electron chi connectivity index (χ3n) is 4.70. The summed E-state index contributed by atoms with van der Waals surface area (Å²) < 4.78 is 4.83. The van der Waals surface area contributed by atoms with Crippen molar-refractivity contribution in [3.63, 3.8) is 0 Å². The fraction of sp³-hybridized carbons (Fsp3) is 0.682. The van der Waals surface area contributed by atoms with E-state index in [4.69, 9.17) is 9.84 Å². The minimum absolute atomic E-state index is 0.0399. The minimum Gasteiger partial charge on any atom is -0.480 e. The number of thioether (sulfide) groups is 1. The van der Waals surface area contributed by atoms with Crippen LogP contribution in [0.4, 0.5) is 0 Å². The van der Waals surface area contributed by atoms with Gasteiger partial charge in [0.15, 0.2) is 5.12 Å². The molecule has 0 aliphatic heterocycles. The highest BCUT2D eigenvalue weighted by Gasteiger charge is 2.34. The van der Waals surface area contributed by atoms with Crippen molar-refractivity contribution in [2.24, 2.45) is 5.41 Å². The van der Waals surface area contributed by atoms with E-state index in [9.17, 15) is 38.7 Å². The Labute approximate surface area is 213 Å². The van der Waals surface area contributed by atoms with Gasteiger partial charge in [-0.15, -0.1) is 0 Å². The van der Waals surface area contributed by atoms with Gasteiger partial charge in [0.2, 0.25) is 17.7 Å². The maximum atomic E-state index is 12.1. The summed E-state index contributed by atoms with van der Waals surface area (Å²) in [5.74, 6) is -3.70. The number of esters is 1. The van der Waals surface area contributed by atoms with Gasteiger partial charge in [0.1, 0.15) is 17.9 Å². The number of aliphatic carboxylic acids is 1. The number of carboxylic acids is 1. The second-order valence-corrected chi connectivity index (χ2v) is 9.78. The van der Waals surface area contributed by atoms with Crippen LogP contribution in [0.1, 0.15) is 53.4 Å². The van der Waals surface area contributed by atoms with Crippen LogP contribution >= 0.6 is 11.8 Å². The van der Waals surface area contributed by atoms with Crippen LogP contribution in [-0.4, -0.2) is 88.4 Å². The van der Waals surface area contributed by atoms with Crippen LogP contribution in [0.25, 0.3) is 0 Å². The third kappa shape index (κ3) is 15.1. The van der Waals surface area contributed by atoms with Gasteiger partial charge in [0, 0.05) is 50.9 Å². The SMILES string of the molecule is CC(=O)N[C@@H](CCC(=O)CC(=O)SCCNC(=O)CCNC(=O)[C@H](O)C(C)(C)COC(C)=O)C(=O)O. The van der Waals surface area contributed by atoms with Gasteiger partial charge in [-0.05, 0) is 6.42 Å². The Morgan fingerprint density at radius 2 is 1.61 bits per heavy atom. The van der Waals surface area contributed by atoms with Gasteiger partial charge in [-0.2, -0.15) is 0 Å². The summed E-state index contributed by atoms with van der Waals surface area (Å²) in [6.45, 7) is 5.43. The van der Waals surface area contributed by atoms with Crippen molar-refractivity contribution in [3.05, 3.63) is 0 Å². The zero-order valence-corrected chi connectivity index (χ0v) is 21.7. The molecule has 14 heteroatoms. The Morgan fingerprint density at radius 1 is 0.972 bits per heavy atom. The number of carbonyl (C=O) groups excluding carboxylic acids is 6. The van der Waals surface area contributed by atoms with Crippen molar-refractivity contribution in [3.8, 4) is 0 Å². The van der Waals surface area contributed by atoms with E-state index in [1.807, 2.05) is 0 Å². The molecule has 36 heavy (non-hydrogen) atoms. The highest BCUT2D eigenvalue weighted by Crippen LogP contribution is 2.21. The van der Waals surface area contributed by atoms with Crippen LogP contribution in [0.5, 0.6) is 0 Å². The van der Waals surface area contributed by atoms with Gasteiger partial charge in [-0.1, -0.05) is 25.6 Å². The van der Waals surface area contributed by atoms with E-state index in [1.165, 1.54) is 6.92 Å². The van der Waals surface area contributed by atoms with E-state index in [2.05, 4.69) is 16.0 Å². The molecule has 0 aliphatic rings. The number of nitrogens with one attached hydrogen (secondary N) is 3. The number of ether oxygens (including phenoxy) is 1. The molecule has 0 rings (SSSR count). The van der Waals surface area contributed by atoms with Gasteiger partial charge in [-0.25, -0.2) is 4.79 Å². The van der Waals surface area contributed by atoms with E-state index in [-0.39, 0.29) is 44.7 Å². The number of Topliss-reactive ketones (excluding diaryl/α,β-unsaturated/α-hetero) is 1. The highest BCUT2D eigenvalue weighted by atomic mass is 32.2. The number of hydrogen-bond donors (Lipinski definition) is 5. The Bertz CT molecular complexity index is 831. The summed E-state index contributed by atoms with van der Waals surface area (Å²) in [5.41, 5.74) is -1.02. The molecule has 3 amide bonds. The first-order chi connectivity index (χ1) is 16.7. The molecule has 204 valence electrons. The van der Waals surface area contributed by atoms with E-state index in [0.29, 0.717) is 0 Å². The summed E-state index contributed by atoms with van der Waals surface area (Å²) >= 11 is 0.841. The molecule has 0 aromatic rings. The van der Waals surface area contributed by atoms with Crippen molar-refractivity contribution < 1.29 is 48.5 Å². The van der Waals surface area contributed by atoms with E-state index in [1.54, 1.807) is 13.8 Å². The number of carbonyl (C=O) groups is 7. The standard InChI is InChI=1S/C22H35N3O10S/c1-13(26)25-16(21(33)34)6-5-15(28)11-18(30)36-10-9-23-17(29)7-8-24-20(32)19(31)22(3,4)12-35-14(2)27/h16,19,31H,5-12H2,1-4H3,(H,23,29)(H,24,32)(H,25,26)(H,33,34)/t16-,19-/m0/s1. The Morgan fingerprint density at radius 3 is 2.17 bits per heavy atom. The first kappa shape index (κ1) is 33.0. The Kier molecular flexibility index (Phi) is 15.2. The summed E-state index contributed by atoms with van der Waals surface area (Å²) in [6.07, 6.45) is -2.22. The average molecular weight is 534 g/mol. The fourth-order valence-corrected chi connectivity index (χ4v) is 3.36. The van der Waals surface area contributed by atoms with Gasteiger partial charge >= 0.3 is 11.9 Å². The molecule has 0 saturated carbocycles. The highest BCUT2D eigenvalue weighted by molar-refractivity contribution is 8.13. The number of aliphatic hydroxyl groups excluding tert-OH is 1. The second-order valence-electron chi connectivity index (χ2n) is 8.63. The molecule has 0 unspecified atom stereocenters. The summed E-state index contributed by atoms with van der Waals surface area (Å²) in [7, 11) is 0. The molecule has 0 saturated heterocycles. The molecule has 13 nitrogen and oxygen atoms in total. The Balaban J connectivity index is 4.12. The quantitative estimate of drug-likeness (QED) is 0.0884. The first-order valence-electron chi connectivity index (χ1n) is 11.2. The largest absolute Gasteiger partial charge is 0.480 e. The fourth-order valence-electron chi connectivity index (χ4n) is 2.67. The number of carboxylic acid groups (broad SMARTS) is 1. The van der Waals surface area contributed by atoms with Crippen LogP contribution in [0.3, 0.4) is 0 Å². The minimum atomic E-state index is -1.45. The van der Waals surface area contributed by atoms with Crippen LogP contribution in [0.15, 0.2) is 0 Å². The predicted molar refractivity (Wildman–Crippen MR) is 129 cm³/mol. The number of rotatable bonds is 17. The molecule has 0 radical (unpaired) electrons. The summed E-state index contributed by atoms with van der Waals surface area (Å²) in [4.78, 5) is 80.6. The van der Waals surface area contributed by atoms with Crippen LogP contribution in [0, 0.1) is 5.41 Å². The van der Waals surface area contributed by atoms with E-state index >= 15 is 0 Å². The molecule has 2 atom stereocenters. The molecule has 0 aromatic carbocycles. The number of ketones is 1. The number of aliphatic hydroxyl groups is 1. The lowest BCUT2D eigenvalue weighted by atomic mass is 9.87. The van der Waals surface area contributed by atoms with Gasteiger partial charge in [-0.3, -0.25) is 28.8 Å². The van der Waals surface area contributed by atoms with Crippen LogP contribution < -0.4 is 16.0 Å². The van der Waals surface area contributed by atoms with Gasteiger partial charge in [0.05, 0.1) is 13.0 Å². The molecule has 0 heterocycles. The van der Waals surface area contributed by atoms with E-state index in [0.717, 1.165) is 18.7 Å². The number of amides is 3. The summed E-state index contributed by atoms with van der Waals surface area (Å²) in [5, 5.41) is 25.9. The van der Waals surface area contributed by atoms with Gasteiger partial charge < -0.3 is 30.9 Å². The van der Waals surface area contributed by atoms with Crippen molar-refractivity contribution >= 4 is 52.3 Å². The molecule has 0 aromatic heterocycles. The Hall–Kier alpha value is -3.00. The predicted octanol–water partition coefficient (Wildman–Crippen LogP) is -0.852. The maximum Gasteiger partial charge on any atom is 0.326 e. The molecule has 0 fully saturated rings. The second kappa shape index (κ2) is 16.6. The van der Waals surface area contributed by atoms with Crippen molar-refractivity contribution in [1.29, 1.82) is 0 Å². The molecule has 0 aliphatic carbocycles. The first-order valence-corrected chi connectivity index (χ1v) is 12.2. The zero-order chi connectivity index (χ0) is 27.9. The lowest BCUT2D eigenvalue weighted by Crippen LogP contribution is -2.46. The molecule has 5 N–H and O–H groups in total. The van der Waals surface area contributed by atoms with Crippen LogP contribution in [-0.2, 0) is 38.3 Å². The molecular formula is C22H35N3O10S. The number of hydrogen-bond acceptors (Lipinski definition) is 10. The zero-order valence-electron chi connectivity index (χ0n) is 20.9. The normalized spacial score (nSPS) is 12.6. The molecule has 0 bridgehead atoms. The smallest absolute Gasteiger partial charge is 0.326 e. The van der Waals surface area contributed by atoms with Crippen molar-refractivity contribution in [1.82, 2.24) is 16.0 Å². The third-order valence-corrected chi connectivity index (χ3v) is 5.58. The average Bonchev–Trinajstić information content (AvgIpc) is 2.77. The van der Waals surface area contributed by atoms with Crippen molar-refractivity contribution in [2.75, 3.05) is 25.4 Å². The van der Waals surface area contributed by atoms with Gasteiger partial charge in [0.25, 0.3) is 0 Å². The molecule has 0 spiro atoms. The van der Waals surface area contributed by atoms with Crippen LogP contribution in [0.2, 0.25) is 0 Å². The molecular weight excluding hydrogens is 498 g/mol. The lowest BCUT2D eigenvalue weighted by Gasteiger charge is -2.28. The van der Waals surface area contributed by atoms with E-state index < -0.39 is 64.5 Å². The maximum absolute atomic E-state index is 12.1.